The largest absolute Gasteiger partial charge is 0.322 e. The predicted octanol–water partition coefficient (Wildman–Crippen LogP) is 3.62. The maximum absolute atomic E-state index is 15.1. The summed E-state index contributed by atoms with van der Waals surface area (Å²) in [5.74, 6) is -1.39. The Labute approximate surface area is 196 Å². The Morgan fingerprint density at radius 3 is 2.45 bits per heavy atom. The van der Waals surface area contributed by atoms with Crippen LogP contribution in [0, 0.1) is 5.82 Å². The number of amides is 3. The van der Waals surface area contributed by atoms with Gasteiger partial charge in [0, 0.05) is 30.1 Å². The van der Waals surface area contributed by atoms with Gasteiger partial charge >= 0.3 is 0 Å². The molecule has 2 saturated heterocycles. The summed E-state index contributed by atoms with van der Waals surface area (Å²) in [5.41, 5.74) is 2.93. The van der Waals surface area contributed by atoms with Crippen molar-refractivity contribution in [3.63, 3.8) is 0 Å². The van der Waals surface area contributed by atoms with E-state index in [1.807, 2.05) is 30.3 Å². The van der Waals surface area contributed by atoms with Crippen molar-refractivity contribution < 1.29 is 18.8 Å². The van der Waals surface area contributed by atoms with Gasteiger partial charge < -0.3 is 4.90 Å². The molecule has 3 heterocycles. The lowest BCUT2D eigenvalue weighted by Crippen LogP contribution is -2.52. The Hall–Kier alpha value is -2.77. The average molecular weight is 470 g/mol. The number of carbonyl (C=O) groups excluding carboxylic acids is 3. The van der Waals surface area contributed by atoms with Crippen LogP contribution in [0.15, 0.2) is 36.4 Å². The Morgan fingerprint density at radius 2 is 1.76 bits per heavy atom. The van der Waals surface area contributed by atoms with Gasteiger partial charge in [0.15, 0.2) is 0 Å². The lowest BCUT2D eigenvalue weighted by atomic mass is 9.87. The molecule has 33 heavy (non-hydrogen) atoms. The molecule has 0 aliphatic carbocycles. The van der Waals surface area contributed by atoms with Crippen LogP contribution < -0.4 is 5.32 Å². The number of benzene rings is 2. The summed E-state index contributed by atoms with van der Waals surface area (Å²) in [6.45, 7) is 2.84. The van der Waals surface area contributed by atoms with Crippen LogP contribution >= 0.6 is 11.6 Å². The first kappa shape index (κ1) is 22.0. The molecular weight excluding hydrogens is 445 g/mol. The second-order valence-electron chi connectivity index (χ2n) is 9.11. The van der Waals surface area contributed by atoms with Crippen molar-refractivity contribution in [2.75, 3.05) is 13.1 Å². The summed E-state index contributed by atoms with van der Waals surface area (Å²) < 4.78 is 15.1. The third-order valence-electron chi connectivity index (χ3n) is 6.99. The summed E-state index contributed by atoms with van der Waals surface area (Å²) in [4.78, 5) is 40.4. The highest BCUT2D eigenvalue weighted by molar-refractivity contribution is 6.30. The highest BCUT2D eigenvalue weighted by Crippen LogP contribution is 2.35. The maximum atomic E-state index is 15.1. The normalized spacial score (nSPS) is 21.9. The third kappa shape index (κ3) is 4.39. The van der Waals surface area contributed by atoms with Gasteiger partial charge in [-0.05, 0) is 73.2 Å². The van der Waals surface area contributed by atoms with Crippen LogP contribution in [0.1, 0.15) is 58.6 Å². The average Bonchev–Trinajstić information content (AvgIpc) is 3.11. The topological polar surface area (TPSA) is 69.7 Å². The van der Waals surface area contributed by atoms with Gasteiger partial charge in [0.05, 0.1) is 0 Å². The van der Waals surface area contributed by atoms with Crippen LogP contribution in [-0.4, -0.2) is 46.7 Å². The van der Waals surface area contributed by atoms with E-state index < -0.39 is 11.9 Å². The van der Waals surface area contributed by atoms with Crippen LogP contribution in [0.25, 0.3) is 0 Å². The van der Waals surface area contributed by atoms with E-state index in [0.29, 0.717) is 17.5 Å². The summed E-state index contributed by atoms with van der Waals surface area (Å²) in [7, 11) is 0. The van der Waals surface area contributed by atoms with Crippen LogP contribution in [0.5, 0.6) is 0 Å². The van der Waals surface area contributed by atoms with Gasteiger partial charge in [0.1, 0.15) is 11.9 Å². The number of halogens is 2. The molecule has 0 spiro atoms. The molecular formula is C25H25ClFN3O3. The van der Waals surface area contributed by atoms with Crippen molar-refractivity contribution in [2.24, 2.45) is 0 Å². The van der Waals surface area contributed by atoms with E-state index >= 15 is 4.39 Å². The molecule has 6 nitrogen and oxygen atoms in total. The summed E-state index contributed by atoms with van der Waals surface area (Å²) in [6, 6.07) is 10.3. The standard InChI is InChI=1S/C25H25ClFN3O3/c26-18-3-1-15(2-4-18)13-29-9-7-16(8-10-29)19-11-17-14-30(25(33)20(17)12-21(19)27)22-5-6-23(31)28-24(22)32/h1-4,11-12,16,22H,5-10,13-14H2,(H,28,31,32). The molecule has 3 aliphatic rings. The Morgan fingerprint density at radius 1 is 1.03 bits per heavy atom. The van der Waals surface area contributed by atoms with E-state index in [4.69, 9.17) is 11.6 Å². The maximum Gasteiger partial charge on any atom is 0.255 e. The second-order valence-corrected chi connectivity index (χ2v) is 9.54. The van der Waals surface area contributed by atoms with E-state index in [9.17, 15) is 14.4 Å². The zero-order chi connectivity index (χ0) is 23.1. The van der Waals surface area contributed by atoms with Crippen LogP contribution in [0.4, 0.5) is 4.39 Å². The summed E-state index contributed by atoms with van der Waals surface area (Å²) in [6.07, 6.45) is 2.18. The molecule has 1 atom stereocenters. The van der Waals surface area contributed by atoms with E-state index in [0.717, 1.165) is 43.1 Å². The van der Waals surface area contributed by atoms with Gasteiger partial charge in [0.25, 0.3) is 5.91 Å². The van der Waals surface area contributed by atoms with Crippen molar-refractivity contribution >= 4 is 29.3 Å². The van der Waals surface area contributed by atoms with Crippen molar-refractivity contribution in [3.05, 3.63) is 69.5 Å². The van der Waals surface area contributed by atoms with Crippen molar-refractivity contribution in [1.82, 2.24) is 15.1 Å². The second kappa shape index (κ2) is 8.88. The molecule has 0 radical (unpaired) electrons. The number of likely N-dealkylation sites (tertiary alicyclic amines) is 1. The Balaban J connectivity index is 1.26. The fourth-order valence-electron chi connectivity index (χ4n) is 5.17. The molecule has 3 aliphatic heterocycles. The van der Waals surface area contributed by atoms with Crippen molar-refractivity contribution in [1.29, 1.82) is 0 Å². The molecule has 172 valence electrons. The molecule has 0 aromatic heterocycles. The number of fused-ring (bicyclic) bond motifs is 1. The SMILES string of the molecule is O=C1CCC(N2Cc3cc(C4CCN(Cc5ccc(Cl)cc5)CC4)c(F)cc3C2=O)C(=O)N1. The fraction of sp³-hybridized carbons (Fsp3) is 0.400. The molecule has 3 amide bonds. The minimum atomic E-state index is -0.690. The zero-order valence-corrected chi connectivity index (χ0v) is 18.9. The molecule has 1 N–H and O–H groups in total. The van der Waals surface area contributed by atoms with Gasteiger partial charge in [0.2, 0.25) is 11.8 Å². The van der Waals surface area contributed by atoms with Gasteiger partial charge in [-0.15, -0.1) is 0 Å². The molecule has 2 fully saturated rings. The number of imide groups is 1. The molecule has 0 bridgehead atoms. The van der Waals surface area contributed by atoms with E-state index in [1.54, 1.807) is 0 Å². The van der Waals surface area contributed by atoms with Gasteiger partial charge in [-0.3, -0.25) is 24.6 Å². The number of rotatable bonds is 4. The number of hydrogen-bond acceptors (Lipinski definition) is 4. The third-order valence-corrected chi connectivity index (χ3v) is 7.24. The molecule has 0 saturated carbocycles. The number of nitrogens with zero attached hydrogens (tertiary/aromatic N) is 2. The van der Waals surface area contributed by atoms with Crippen LogP contribution in [0.2, 0.25) is 5.02 Å². The molecule has 2 aromatic carbocycles. The van der Waals surface area contributed by atoms with Crippen molar-refractivity contribution in [3.8, 4) is 0 Å². The quantitative estimate of drug-likeness (QED) is 0.694. The van der Waals surface area contributed by atoms with Crippen molar-refractivity contribution in [2.45, 2.75) is 50.7 Å². The van der Waals surface area contributed by atoms with Gasteiger partial charge in [-0.2, -0.15) is 0 Å². The smallest absolute Gasteiger partial charge is 0.255 e. The van der Waals surface area contributed by atoms with Gasteiger partial charge in [-0.1, -0.05) is 29.8 Å². The first-order valence-corrected chi connectivity index (χ1v) is 11.7. The van der Waals surface area contributed by atoms with E-state index in [2.05, 4.69) is 10.2 Å². The Kier molecular flexibility index (Phi) is 5.93. The van der Waals surface area contributed by atoms with Crippen LogP contribution in [-0.2, 0) is 22.7 Å². The first-order valence-electron chi connectivity index (χ1n) is 11.3. The van der Waals surface area contributed by atoms with E-state index in [1.165, 1.54) is 16.5 Å². The molecule has 8 heteroatoms. The number of nitrogens with one attached hydrogen (secondary N) is 1. The molecule has 2 aromatic rings. The van der Waals surface area contributed by atoms with Gasteiger partial charge in [-0.25, -0.2) is 4.39 Å². The minimum Gasteiger partial charge on any atom is -0.322 e. The minimum absolute atomic E-state index is 0.0940. The fourth-order valence-corrected chi connectivity index (χ4v) is 5.30. The zero-order valence-electron chi connectivity index (χ0n) is 18.2. The number of carbonyl (C=O) groups is 3. The van der Waals surface area contributed by atoms with E-state index in [-0.39, 0.29) is 36.5 Å². The highest BCUT2D eigenvalue weighted by Gasteiger charge is 2.40. The Bertz CT molecular complexity index is 1110. The van der Waals surface area contributed by atoms with Crippen LogP contribution in [0.3, 0.4) is 0 Å². The molecule has 5 rings (SSSR count). The summed E-state index contributed by atoms with van der Waals surface area (Å²) >= 11 is 5.97. The number of piperidine rings is 2. The predicted molar refractivity (Wildman–Crippen MR) is 121 cm³/mol. The monoisotopic (exact) mass is 469 g/mol. The highest BCUT2D eigenvalue weighted by atomic mass is 35.5. The number of hydrogen-bond donors (Lipinski definition) is 1. The lowest BCUT2D eigenvalue weighted by Gasteiger charge is -2.32. The lowest BCUT2D eigenvalue weighted by molar-refractivity contribution is -0.136. The summed E-state index contributed by atoms with van der Waals surface area (Å²) in [5, 5.41) is 3.02. The molecule has 1 unspecified atom stereocenters. The first-order chi connectivity index (χ1) is 15.9.